The molecule has 3 nitrogen and oxygen atoms in total. The average molecular weight is 279 g/mol. The lowest BCUT2D eigenvalue weighted by atomic mass is 9.98. The monoisotopic (exact) mass is 279 g/mol. The Bertz CT molecular complexity index is 627. The van der Waals surface area contributed by atoms with Crippen LogP contribution in [0.2, 0.25) is 0 Å². The van der Waals surface area contributed by atoms with Gasteiger partial charge in [-0.25, -0.2) is 9.97 Å². The van der Waals surface area contributed by atoms with E-state index in [1.807, 2.05) is 19.3 Å². The molecule has 3 rings (SSSR count). The molecule has 0 aliphatic carbocycles. The van der Waals surface area contributed by atoms with Gasteiger partial charge in [0.05, 0.1) is 0 Å². The van der Waals surface area contributed by atoms with E-state index in [1.165, 1.54) is 16.7 Å². The molecule has 0 spiro atoms. The van der Waals surface area contributed by atoms with Crippen molar-refractivity contribution in [2.45, 2.75) is 26.7 Å². The summed E-state index contributed by atoms with van der Waals surface area (Å²) in [4.78, 5) is 11.0. The third-order valence-corrected chi connectivity index (χ3v) is 3.99. The Hall–Kier alpha value is -2.16. The number of aryl methyl sites for hydroxylation is 2. The van der Waals surface area contributed by atoms with Gasteiger partial charge in [0.25, 0.3) is 0 Å². The minimum Gasteiger partial charge on any atom is -0.337 e. The second-order valence-corrected chi connectivity index (χ2v) is 5.54. The molecule has 1 aliphatic rings. The molecule has 1 aliphatic heterocycles. The number of aromatic nitrogens is 2. The number of nitrogens with zero attached hydrogens (tertiary/aromatic N) is 3. The molecular formula is C18H21N3. The van der Waals surface area contributed by atoms with Crippen LogP contribution >= 0.6 is 0 Å². The van der Waals surface area contributed by atoms with E-state index in [0.29, 0.717) is 0 Å². The van der Waals surface area contributed by atoms with E-state index in [4.69, 9.17) is 0 Å². The predicted octanol–water partition coefficient (Wildman–Crippen LogP) is 3.64. The highest BCUT2D eigenvalue weighted by Gasteiger charge is 2.15. The summed E-state index contributed by atoms with van der Waals surface area (Å²) in [5, 5.41) is 0. The first-order valence-corrected chi connectivity index (χ1v) is 7.58. The van der Waals surface area contributed by atoms with E-state index in [0.717, 1.165) is 37.4 Å². The fourth-order valence-corrected chi connectivity index (χ4v) is 2.62. The maximum atomic E-state index is 4.41. The van der Waals surface area contributed by atoms with Crippen molar-refractivity contribution in [2.75, 3.05) is 18.0 Å². The zero-order valence-corrected chi connectivity index (χ0v) is 12.7. The molecule has 3 heteroatoms. The summed E-state index contributed by atoms with van der Waals surface area (Å²) in [6.45, 7) is 6.06. The van der Waals surface area contributed by atoms with Crippen LogP contribution in [0.5, 0.6) is 0 Å². The maximum Gasteiger partial charge on any atom is 0.225 e. The van der Waals surface area contributed by atoms with Gasteiger partial charge in [0, 0.05) is 25.5 Å². The maximum absolute atomic E-state index is 4.41. The summed E-state index contributed by atoms with van der Waals surface area (Å²) in [5.74, 6) is 0.831. The van der Waals surface area contributed by atoms with Crippen molar-refractivity contribution >= 4 is 11.5 Å². The molecule has 0 unspecified atom stereocenters. The van der Waals surface area contributed by atoms with Gasteiger partial charge >= 0.3 is 0 Å². The number of benzene rings is 1. The molecule has 1 aromatic heterocycles. The van der Waals surface area contributed by atoms with Crippen molar-refractivity contribution < 1.29 is 0 Å². The minimum atomic E-state index is 0.831. The first-order chi connectivity index (χ1) is 10.3. The molecule has 0 bridgehead atoms. The quantitative estimate of drug-likeness (QED) is 0.859. The van der Waals surface area contributed by atoms with Gasteiger partial charge in [-0.1, -0.05) is 37.3 Å². The van der Waals surface area contributed by atoms with Crippen LogP contribution in [-0.4, -0.2) is 23.1 Å². The Morgan fingerprint density at radius 3 is 2.38 bits per heavy atom. The van der Waals surface area contributed by atoms with Crippen molar-refractivity contribution in [3.05, 3.63) is 59.4 Å². The van der Waals surface area contributed by atoms with E-state index < -0.39 is 0 Å². The van der Waals surface area contributed by atoms with Crippen LogP contribution in [0.15, 0.2) is 42.7 Å². The zero-order chi connectivity index (χ0) is 14.7. The first-order valence-electron chi connectivity index (χ1n) is 7.58. The van der Waals surface area contributed by atoms with Crippen LogP contribution in [0, 0.1) is 6.92 Å². The topological polar surface area (TPSA) is 29.0 Å². The molecule has 108 valence electrons. The molecule has 0 atom stereocenters. The van der Waals surface area contributed by atoms with E-state index in [9.17, 15) is 0 Å². The Labute approximate surface area is 126 Å². The van der Waals surface area contributed by atoms with Crippen LogP contribution in [0.1, 0.15) is 30.0 Å². The lowest BCUT2D eigenvalue weighted by Crippen LogP contribution is -2.29. The van der Waals surface area contributed by atoms with Gasteiger partial charge in [0.15, 0.2) is 0 Å². The van der Waals surface area contributed by atoms with Crippen molar-refractivity contribution in [3.63, 3.8) is 0 Å². The number of hydrogen-bond donors (Lipinski definition) is 0. The summed E-state index contributed by atoms with van der Waals surface area (Å²) in [7, 11) is 0. The fourth-order valence-electron chi connectivity index (χ4n) is 2.62. The summed E-state index contributed by atoms with van der Waals surface area (Å²) in [5.41, 5.74) is 5.27. The van der Waals surface area contributed by atoms with Gasteiger partial charge in [-0.05, 0) is 42.0 Å². The Morgan fingerprint density at radius 1 is 1.10 bits per heavy atom. The molecule has 2 heterocycles. The molecule has 0 fully saturated rings. The van der Waals surface area contributed by atoms with E-state index >= 15 is 0 Å². The predicted molar refractivity (Wildman–Crippen MR) is 87.4 cm³/mol. The summed E-state index contributed by atoms with van der Waals surface area (Å²) in [6, 6.07) is 8.93. The number of anilines is 1. The highest BCUT2D eigenvalue weighted by atomic mass is 15.2. The molecule has 0 N–H and O–H groups in total. The molecule has 0 radical (unpaired) electrons. The smallest absolute Gasteiger partial charge is 0.225 e. The molecule has 0 saturated heterocycles. The van der Waals surface area contributed by atoms with Crippen molar-refractivity contribution in [1.29, 1.82) is 0 Å². The van der Waals surface area contributed by atoms with Crippen LogP contribution in [0.4, 0.5) is 5.95 Å². The van der Waals surface area contributed by atoms with Crippen molar-refractivity contribution in [2.24, 2.45) is 0 Å². The van der Waals surface area contributed by atoms with Gasteiger partial charge < -0.3 is 4.90 Å². The average Bonchev–Trinajstić information content (AvgIpc) is 2.56. The van der Waals surface area contributed by atoms with Gasteiger partial charge in [-0.3, -0.25) is 0 Å². The van der Waals surface area contributed by atoms with E-state index in [-0.39, 0.29) is 0 Å². The first kappa shape index (κ1) is 13.8. The molecule has 1 aromatic carbocycles. The van der Waals surface area contributed by atoms with Crippen molar-refractivity contribution in [1.82, 2.24) is 9.97 Å². The Kier molecular flexibility index (Phi) is 4.00. The highest BCUT2D eigenvalue weighted by Crippen LogP contribution is 2.24. The fraction of sp³-hybridized carbons (Fsp3) is 0.333. The van der Waals surface area contributed by atoms with Gasteiger partial charge in [-0.15, -0.1) is 0 Å². The van der Waals surface area contributed by atoms with Crippen LogP contribution in [-0.2, 0) is 6.42 Å². The molecule has 2 aromatic rings. The van der Waals surface area contributed by atoms with Gasteiger partial charge in [0.1, 0.15) is 0 Å². The lowest BCUT2D eigenvalue weighted by molar-refractivity contribution is 0.794. The van der Waals surface area contributed by atoms with Gasteiger partial charge in [-0.2, -0.15) is 0 Å². The molecule has 0 saturated carbocycles. The second-order valence-electron chi connectivity index (χ2n) is 5.54. The summed E-state index contributed by atoms with van der Waals surface area (Å²) >= 11 is 0. The van der Waals surface area contributed by atoms with E-state index in [2.05, 4.69) is 52.1 Å². The van der Waals surface area contributed by atoms with Crippen LogP contribution in [0.25, 0.3) is 5.57 Å². The number of hydrogen-bond acceptors (Lipinski definition) is 3. The zero-order valence-electron chi connectivity index (χ0n) is 12.7. The third-order valence-electron chi connectivity index (χ3n) is 3.99. The van der Waals surface area contributed by atoms with Crippen molar-refractivity contribution in [3.8, 4) is 0 Å². The lowest BCUT2D eigenvalue weighted by Gasteiger charge is -2.26. The minimum absolute atomic E-state index is 0.831. The third kappa shape index (κ3) is 3.13. The van der Waals surface area contributed by atoms with Crippen LogP contribution < -0.4 is 4.90 Å². The molecular weight excluding hydrogens is 258 g/mol. The standard InChI is InChI=1S/C18H21N3/c1-3-15-4-6-16(7-5-15)17-8-10-21(11-9-17)18-19-12-14(2)13-20-18/h4-8,12-13H,3,9-11H2,1-2H3. The Morgan fingerprint density at radius 2 is 1.81 bits per heavy atom. The van der Waals surface area contributed by atoms with Crippen LogP contribution in [0.3, 0.4) is 0 Å². The summed E-state index contributed by atoms with van der Waals surface area (Å²) in [6.07, 6.45) is 8.20. The van der Waals surface area contributed by atoms with Gasteiger partial charge in [0.2, 0.25) is 5.95 Å². The normalized spacial score (nSPS) is 15.0. The Balaban J connectivity index is 1.72. The number of rotatable bonds is 3. The SMILES string of the molecule is CCc1ccc(C2=CCN(c3ncc(C)cn3)CC2)cc1. The second kappa shape index (κ2) is 6.08. The molecule has 21 heavy (non-hydrogen) atoms. The van der Waals surface area contributed by atoms with E-state index in [1.54, 1.807) is 0 Å². The summed E-state index contributed by atoms with van der Waals surface area (Å²) < 4.78 is 0. The largest absolute Gasteiger partial charge is 0.337 e. The highest BCUT2D eigenvalue weighted by molar-refractivity contribution is 5.68. The molecule has 0 amide bonds.